The predicted octanol–water partition coefficient (Wildman–Crippen LogP) is 1.32. The van der Waals surface area contributed by atoms with Crippen LogP contribution in [-0.2, 0) is 0 Å². The van der Waals surface area contributed by atoms with Crippen molar-refractivity contribution < 1.29 is 14.9 Å². The maximum Gasteiger partial charge on any atom is 0.160 e. The van der Waals surface area contributed by atoms with E-state index in [2.05, 4.69) is 0 Å². The Morgan fingerprint density at radius 1 is 1.47 bits per heavy atom. The SMILES string of the molecule is COc1ccc(N2CCCC2O)cc1O. The lowest BCUT2D eigenvalue weighted by molar-refractivity contribution is 0.185. The van der Waals surface area contributed by atoms with Crippen molar-refractivity contribution in [3.05, 3.63) is 18.2 Å². The largest absolute Gasteiger partial charge is 0.504 e. The van der Waals surface area contributed by atoms with Gasteiger partial charge >= 0.3 is 0 Å². The van der Waals surface area contributed by atoms with E-state index in [0.717, 1.165) is 25.1 Å². The van der Waals surface area contributed by atoms with Crippen molar-refractivity contribution in [3.8, 4) is 11.5 Å². The standard InChI is InChI=1S/C11H15NO3/c1-15-10-5-4-8(7-9(10)13)12-6-2-3-11(12)14/h4-5,7,11,13-14H,2-3,6H2,1H3. The van der Waals surface area contributed by atoms with Crippen molar-refractivity contribution in [2.45, 2.75) is 19.1 Å². The number of ether oxygens (including phenoxy) is 1. The van der Waals surface area contributed by atoms with Crippen molar-refractivity contribution in [1.29, 1.82) is 0 Å². The number of anilines is 1. The molecule has 1 aliphatic rings. The molecule has 2 rings (SSSR count). The molecule has 1 fully saturated rings. The van der Waals surface area contributed by atoms with Gasteiger partial charge in [-0.05, 0) is 25.0 Å². The smallest absolute Gasteiger partial charge is 0.160 e. The first-order valence-corrected chi connectivity index (χ1v) is 5.04. The Balaban J connectivity index is 2.25. The van der Waals surface area contributed by atoms with E-state index in [1.807, 2.05) is 11.0 Å². The fraction of sp³-hybridized carbons (Fsp3) is 0.455. The summed E-state index contributed by atoms with van der Waals surface area (Å²) in [5.74, 6) is 0.557. The molecule has 0 saturated carbocycles. The summed E-state index contributed by atoms with van der Waals surface area (Å²) >= 11 is 0. The summed E-state index contributed by atoms with van der Waals surface area (Å²) in [5.41, 5.74) is 0.832. The fourth-order valence-electron chi connectivity index (χ4n) is 1.91. The number of nitrogens with zero attached hydrogens (tertiary/aromatic N) is 1. The molecule has 0 spiro atoms. The van der Waals surface area contributed by atoms with Crippen LogP contribution >= 0.6 is 0 Å². The molecule has 0 radical (unpaired) electrons. The highest BCUT2D eigenvalue weighted by Gasteiger charge is 2.22. The highest BCUT2D eigenvalue weighted by Crippen LogP contribution is 2.32. The minimum Gasteiger partial charge on any atom is -0.504 e. The van der Waals surface area contributed by atoms with E-state index in [-0.39, 0.29) is 5.75 Å². The molecule has 4 heteroatoms. The first-order chi connectivity index (χ1) is 7.22. The summed E-state index contributed by atoms with van der Waals surface area (Å²) in [4.78, 5) is 1.87. The van der Waals surface area contributed by atoms with Gasteiger partial charge in [-0.1, -0.05) is 0 Å². The second-order valence-corrected chi connectivity index (χ2v) is 3.67. The number of aliphatic hydroxyl groups excluding tert-OH is 1. The molecule has 1 saturated heterocycles. The van der Waals surface area contributed by atoms with Crippen molar-refractivity contribution in [2.24, 2.45) is 0 Å². The average molecular weight is 209 g/mol. The Morgan fingerprint density at radius 2 is 2.27 bits per heavy atom. The molecule has 2 N–H and O–H groups in total. The van der Waals surface area contributed by atoms with Gasteiger partial charge in [-0.15, -0.1) is 0 Å². The number of benzene rings is 1. The molecule has 1 heterocycles. The summed E-state index contributed by atoms with van der Waals surface area (Å²) < 4.78 is 4.96. The van der Waals surface area contributed by atoms with Crippen LogP contribution in [0.15, 0.2) is 18.2 Å². The third kappa shape index (κ3) is 1.85. The molecular weight excluding hydrogens is 194 g/mol. The lowest BCUT2D eigenvalue weighted by Gasteiger charge is -2.22. The highest BCUT2D eigenvalue weighted by molar-refractivity contribution is 5.56. The second-order valence-electron chi connectivity index (χ2n) is 3.67. The minimum absolute atomic E-state index is 0.106. The third-order valence-corrected chi connectivity index (χ3v) is 2.72. The number of methoxy groups -OCH3 is 1. The molecule has 1 aromatic rings. The Bertz CT molecular complexity index is 354. The van der Waals surface area contributed by atoms with Gasteiger partial charge in [-0.3, -0.25) is 0 Å². The summed E-state index contributed by atoms with van der Waals surface area (Å²) in [6, 6.07) is 5.16. The van der Waals surface area contributed by atoms with Crippen molar-refractivity contribution in [1.82, 2.24) is 0 Å². The van der Waals surface area contributed by atoms with Crippen molar-refractivity contribution in [3.63, 3.8) is 0 Å². The topological polar surface area (TPSA) is 52.9 Å². The molecular formula is C11H15NO3. The molecule has 0 amide bonds. The van der Waals surface area contributed by atoms with Crippen LogP contribution in [0.4, 0.5) is 5.69 Å². The zero-order valence-corrected chi connectivity index (χ0v) is 8.68. The molecule has 1 aliphatic heterocycles. The number of phenolic OH excluding ortho intramolecular Hbond substituents is 1. The number of rotatable bonds is 2. The number of aromatic hydroxyl groups is 1. The van der Waals surface area contributed by atoms with Gasteiger partial charge in [0, 0.05) is 18.3 Å². The normalized spacial score (nSPS) is 20.7. The molecule has 4 nitrogen and oxygen atoms in total. The van der Waals surface area contributed by atoms with Crippen LogP contribution in [0.3, 0.4) is 0 Å². The van der Waals surface area contributed by atoms with Crippen LogP contribution in [0.25, 0.3) is 0 Å². The van der Waals surface area contributed by atoms with Gasteiger partial charge < -0.3 is 19.8 Å². The predicted molar refractivity (Wildman–Crippen MR) is 57.2 cm³/mol. The monoisotopic (exact) mass is 209 g/mol. The first kappa shape index (κ1) is 10.1. The van der Waals surface area contributed by atoms with Crippen molar-refractivity contribution in [2.75, 3.05) is 18.6 Å². The second kappa shape index (κ2) is 3.98. The summed E-state index contributed by atoms with van der Waals surface area (Å²) in [6.07, 6.45) is 1.33. The molecule has 0 aliphatic carbocycles. The molecule has 82 valence electrons. The van der Waals surface area contributed by atoms with Gasteiger partial charge in [0.05, 0.1) is 7.11 Å². The molecule has 0 bridgehead atoms. The summed E-state index contributed by atoms with van der Waals surface area (Å²) in [6.45, 7) is 0.826. The average Bonchev–Trinajstić information content (AvgIpc) is 2.64. The van der Waals surface area contributed by atoms with Crippen LogP contribution in [-0.4, -0.2) is 30.1 Å². The molecule has 15 heavy (non-hydrogen) atoms. The van der Waals surface area contributed by atoms with Crippen LogP contribution in [0.2, 0.25) is 0 Å². The van der Waals surface area contributed by atoms with E-state index in [9.17, 15) is 10.2 Å². The zero-order chi connectivity index (χ0) is 10.8. The number of phenols is 1. The van der Waals surface area contributed by atoms with Gasteiger partial charge in [0.15, 0.2) is 11.5 Å². The van der Waals surface area contributed by atoms with E-state index in [1.165, 1.54) is 7.11 Å². The lowest BCUT2D eigenvalue weighted by atomic mass is 10.2. The summed E-state index contributed by atoms with van der Waals surface area (Å²) in [7, 11) is 1.51. The third-order valence-electron chi connectivity index (χ3n) is 2.72. The number of aliphatic hydroxyl groups is 1. The first-order valence-electron chi connectivity index (χ1n) is 5.04. The molecule has 0 aromatic heterocycles. The highest BCUT2D eigenvalue weighted by atomic mass is 16.5. The van der Waals surface area contributed by atoms with Crippen LogP contribution in [0.5, 0.6) is 11.5 Å². The maximum absolute atomic E-state index is 9.67. The Hall–Kier alpha value is -1.42. The molecule has 1 unspecified atom stereocenters. The minimum atomic E-state index is -0.433. The van der Waals surface area contributed by atoms with Crippen LogP contribution < -0.4 is 9.64 Å². The van der Waals surface area contributed by atoms with E-state index < -0.39 is 6.23 Å². The Morgan fingerprint density at radius 3 is 2.80 bits per heavy atom. The van der Waals surface area contributed by atoms with Crippen LogP contribution in [0, 0.1) is 0 Å². The van der Waals surface area contributed by atoms with Gasteiger partial charge in [-0.25, -0.2) is 0 Å². The fourth-order valence-corrected chi connectivity index (χ4v) is 1.91. The van der Waals surface area contributed by atoms with Gasteiger partial charge in [0.2, 0.25) is 0 Å². The molecule has 1 atom stereocenters. The molecule has 1 aromatic carbocycles. The quantitative estimate of drug-likeness (QED) is 0.771. The van der Waals surface area contributed by atoms with E-state index in [1.54, 1.807) is 12.1 Å². The van der Waals surface area contributed by atoms with Crippen molar-refractivity contribution >= 4 is 5.69 Å². The van der Waals surface area contributed by atoms with Gasteiger partial charge in [-0.2, -0.15) is 0 Å². The number of hydrogen-bond donors (Lipinski definition) is 2. The zero-order valence-electron chi connectivity index (χ0n) is 8.68. The Kier molecular flexibility index (Phi) is 2.68. The van der Waals surface area contributed by atoms with Gasteiger partial charge in [0.1, 0.15) is 6.23 Å². The number of hydrogen-bond acceptors (Lipinski definition) is 4. The van der Waals surface area contributed by atoms with E-state index in [4.69, 9.17) is 4.74 Å². The maximum atomic E-state index is 9.67. The Labute approximate surface area is 88.7 Å². The van der Waals surface area contributed by atoms with E-state index in [0.29, 0.717) is 5.75 Å². The van der Waals surface area contributed by atoms with Gasteiger partial charge in [0.25, 0.3) is 0 Å². The van der Waals surface area contributed by atoms with Crippen LogP contribution in [0.1, 0.15) is 12.8 Å². The lowest BCUT2D eigenvalue weighted by Crippen LogP contribution is -2.28. The summed E-state index contributed by atoms with van der Waals surface area (Å²) in [5, 5.41) is 19.3. The van der Waals surface area contributed by atoms with E-state index >= 15 is 0 Å².